The molecule has 0 aromatic heterocycles. The highest BCUT2D eigenvalue weighted by Crippen LogP contribution is 2.16. The number of aliphatic hydroxyl groups is 2. The lowest BCUT2D eigenvalue weighted by Gasteiger charge is -2.32. The summed E-state index contributed by atoms with van der Waals surface area (Å²) in [4.78, 5) is 0. The van der Waals surface area contributed by atoms with E-state index in [2.05, 4.69) is 10.6 Å². The Hall–Kier alpha value is -0.160. The van der Waals surface area contributed by atoms with Crippen molar-refractivity contribution in [3.8, 4) is 0 Å². The van der Waals surface area contributed by atoms with E-state index in [-0.39, 0.29) is 6.10 Å². The number of hydrogen-bond acceptors (Lipinski definition) is 4. The van der Waals surface area contributed by atoms with Crippen LogP contribution >= 0.6 is 0 Å². The van der Waals surface area contributed by atoms with Crippen molar-refractivity contribution in [3.05, 3.63) is 0 Å². The average Bonchev–Trinajstić information content (AvgIpc) is 2.04. The molecule has 4 nitrogen and oxygen atoms in total. The first-order valence-electron chi connectivity index (χ1n) is 4.94. The van der Waals surface area contributed by atoms with Crippen molar-refractivity contribution < 1.29 is 10.2 Å². The molecule has 1 aliphatic heterocycles. The van der Waals surface area contributed by atoms with Gasteiger partial charge in [-0.25, -0.2) is 0 Å². The number of nitrogens with one attached hydrogen (secondary N) is 2. The summed E-state index contributed by atoms with van der Waals surface area (Å²) in [6.07, 6.45) is 1.24. The highest BCUT2D eigenvalue weighted by molar-refractivity contribution is 4.86. The number of hydrogen-bond donors (Lipinski definition) is 4. The van der Waals surface area contributed by atoms with Gasteiger partial charge >= 0.3 is 0 Å². The minimum atomic E-state index is -0.569. The fourth-order valence-corrected chi connectivity index (χ4v) is 1.58. The third kappa shape index (κ3) is 4.04. The molecule has 0 bridgehead atoms. The number of aliphatic hydroxyl groups excluding tert-OH is 1. The van der Waals surface area contributed by atoms with Gasteiger partial charge in [0.05, 0.1) is 11.7 Å². The third-order valence-electron chi connectivity index (χ3n) is 2.43. The quantitative estimate of drug-likeness (QED) is 0.460. The van der Waals surface area contributed by atoms with Crippen LogP contribution < -0.4 is 10.6 Å². The molecule has 4 heteroatoms. The second-order valence-electron chi connectivity index (χ2n) is 3.95. The smallest absolute Gasteiger partial charge is 0.0795 e. The van der Waals surface area contributed by atoms with Crippen molar-refractivity contribution in [3.63, 3.8) is 0 Å². The molecular formula is C9H20N2O2. The van der Waals surface area contributed by atoms with Crippen LogP contribution in [0.25, 0.3) is 0 Å². The van der Waals surface area contributed by atoms with Gasteiger partial charge in [0, 0.05) is 13.1 Å². The molecule has 1 heterocycles. The molecule has 1 atom stereocenters. The molecule has 1 saturated heterocycles. The minimum Gasteiger partial charge on any atom is -0.392 e. The molecule has 4 N–H and O–H groups in total. The standard InChI is InChI=1S/C9H20N2O2/c1-8(12)6-11-7-9(13)2-4-10-5-3-9/h8,10-13H,2-7H2,1H3. The summed E-state index contributed by atoms with van der Waals surface area (Å²) in [7, 11) is 0. The summed E-state index contributed by atoms with van der Waals surface area (Å²) in [5.74, 6) is 0. The molecule has 1 fully saturated rings. The van der Waals surface area contributed by atoms with Crippen LogP contribution in [0.5, 0.6) is 0 Å². The van der Waals surface area contributed by atoms with E-state index >= 15 is 0 Å². The van der Waals surface area contributed by atoms with Crippen molar-refractivity contribution in [2.75, 3.05) is 26.2 Å². The molecule has 13 heavy (non-hydrogen) atoms. The average molecular weight is 188 g/mol. The fraction of sp³-hybridized carbons (Fsp3) is 1.00. The van der Waals surface area contributed by atoms with E-state index in [1.807, 2.05) is 0 Å². The molecule has 1 aliphatic rings. The maximum Gasteiger partial charge on any atom is 0.0795 e. The predicted octanol–water partition coefficient (Wildman–Crippen LogP) is -0.929. The van der Waals surface area contributed by atoms with Gasteiger partial charge in [0.15, 0.2) is 0 Å². The van der Waals surface area contributed by atoms with Crippen molar-refractivity contribution in [1.82, 2.24) is 10.6 Å². The molecular weight excluding hydrogens is 168 g/mol. The molecule has 0 spiro atoms. The van der Waals surface area contributed by atoms with Crippen LogP contribution in [0.15, 0.2) is 0 Å². The minimum absolute atomic E-state index is 0.342. The van der Waals surface area contributed by atoms with Crippen LogP contribution in [0.4, 0.5) is 0 Å². The van der Waals surface area contributed by atoms with Gasteiger partial charge in [-0.1, -0.05) is 0 Å². The van der Waals surface area contributed by atoms with E-state index in [0.29, 0.717) is 13.1 Å². The second kappa shape index (κ2) is 4.91. The SMILES string of the molecule is CC(O)CNCC1(O)CCNCC1. The van der Waals surface area contributed by atoms with Crippen LogP contribution in [0, 0.1) is 0 Å². The van der Waals surface area contributed by atoms with E-state index in [1.54, 1.807) is 6.92 Å². The molecule has 0 amide bonds. The lowest BCUT2D eigenvalue weighted by Crippen LogP contribution is -2.49. The summed E-state index contributed by atoms with van der Waals surface area (Å²) >= 11 is 0. The topological polar surface area (TPSA) is 64.5 Å². The Morgan fingerprint density at radius 3 is 2.62 bits per heavy atom. The van der Waals surface area contributed by atoms with Crippen molar-refractivity contribution in [2.24, 2.45) is 0 Å². The Morgan fingerprint density at radius 1 is 1.46 bits per heavy atom. The molecule has 1 rings (SSSR count). The Kier molecular flexibility index (Phi) is 4.12. The van der Waals surface area contributed by atoms with Crippen LogP contribution in [-0.4, -0.2) is 48.1 Å². The van der Waals surface area contributed by atoms with Gasteiger partial charge in [0.2, 0.25) is 0 Å². The summed E-state index contributed by atoms with van der Waals surface area (Å²) in [5, 5.41) is 25.3. The Morgan fingerprint density at radius 2 is 2.08 bits per heavy atom. The monoisotopic (exact) mass is 188 g/mol. The highest BCUT2D eigenvalue weighted by Gasteiger charge is 2.28. The van der Waals surface area contributed by atoms with E-state index in [4.69, 9.17) is 5.11 Å². The van der Waals surface area contributed by atoms with Crippen molar-refractivity contribution in [1.29, 1.82) is 0 Å². The zero-order chi connectivity index (χ0) is 9.73. The summed E-state index contributed by atoms with van der Waals surface area (Å²) < 4.78 is 0. The van der Waals surface area contributed by atoms with Gasteiger partial charge in [-0.05, 0) is 32.9 Å². The maximum atomic E-state index is 10.0. The fourth-order valence-electron chi connectivity index (χ4n) is 1.58. The van der Waals surface area contributed by atoms with Crippen molar-refractivity contribution >= 4 is 0 Å². The zero-order valence-corrected chi connectivity index (χ0v) is 8.21. The third-order valence-corrected chi connectivity index (χ3v) is 2.43. The molecule has 0 radical (unpaired) electrons. The van der Waals surface area contributed by atoms with Gasteiger partial charge in [0.25, 0.3) is 0 Å². The molecule has 0 aliphatic carbocycles. The van der Waals surface area contributed by atoms with Crippen LogP contribution in [-0.2, 0) is 0 Å². The first-order chi connectivity index (χ1) is 6.12. The molecule has 0 aromatic carbocycles. The van der Waals surface area contributed by atoms with Crippen molar-refractivity contribution in [2.45, 2.75) is 31.5 Å². The Labute approximate surface area is 79.3 Å². The normalized spacial score (nSPS) is 24.2. The largest absolute Gasteiger partial charge is 0.392 e. The van der Waals surface area contributed by atoms with E-state index in [9.17, 15) is 5.11 Å². The summed E-state index contributed by atoms with van der Waals surface area (Å²) in [6.45, 7) is 4.63. The lowest BCUT2D eigenvalue weighted by molar-refractivity contribution is 0.00921. The van der Waals surface area contributed by atoms with E-state index in [1.165, 1.54) is 0 Å². The first kappa shape index (κ1) is 10.9. The maximum absolute atomic E-state index is 10.0. The van der Waals surface area contributed by atoms with Crippen LogP contribution in [0.3, 0.4) is 0 Å². The molecule has 1 unspecified atom stereocenters. The zero-order valence-electron chi connectivity index (χ0n) is 8.21. The van der Waals surface area contributed by atoms with Gasteiger partial charge in [-0.3, -0.25) is 0 Å². The first-order valence-corrected chi connectivity index (χ1v) is 4.94. The highest BCUT2D eigenvalue weighted by atomic mass is 16.3. The Bertz CT molecular complexity index is 145. The Balaban J connectivity index is 2.17. The summed E-state index contributed by atoms with van der Waals surface area (Å²) in [6, 6.07) is 0. The van der Waals surface area contributed by atoms with Gasteiger partial charge in [0.1, 0.15) is 0 Å². The second-order valence-corrected chi connectivity index (χ2v) is 3.95. The van der Waals surface area contributed by atoms with Crippen LogP contribution in [0.2, 0.25) is 0 Å². The number of rotatable bonds is 4. The van der Waals surface area contributed by atoms with Gasteiger partial charge in [-0.15, -0.1) is 0 Å². The molecule has 78 valence electrons. The number of piperidine rings is 1. The van der Waals surface area contributed by atoms with Crippen LogP contribution in [0.1, 0.15) is 19.8 Å². The lowest BCUT2D eigenvalue weighted by atomic mass is 9.92. The predicted molar refractivity (Wildman–Crippen MR) is 51.6 cm³/mol. The molecule has 0 aromatic rings. The summed E-state index contributed by atoms with van der Waals surface area (Å²) in [5.41, 5.74) is -0.569. The van der Waals surface area contributed by atoms with E-state index < -0.39 is 5.60 Å². The van der Waals surface area contributed by atoms with Gasteiger partial charge < -0.3 is 20.8 Å². The van der Waals surface area contributed by atoms with E-state index in [0.717, 1.165) is 25.9 Å². The van der Waals surface area contributed by atoms with Gasteiger partial charge in [-0.2, -0.15) is 0 Å². The molecule has 0 saturated carbocycles.